The highest BCUT2D eigenvalue weighted by atomic mass is 13.9. The number of hydrogen-bond acceptors (Lipinski definition) is 0. The van der Waals surface area contributed by atoms with E-state index in [1.165, 1.54) is 100 Å². The Balaban J connectivity index is -0.000000113. The topological polar surface area (TPSA) is 0 Å². The lowest BCUT2D eigenvalue weighted by Gasteiger charge is -1.90. The summed E-state index contributed by atoms with van der Waals surface area (Å²) in [6.45, 7) is 73.7. The van der Waals surface area contributed by atoms with Crippen LogP contribution in [-0.4, -0.2) is 0 Å². The van der Waals surface area contributed by atoms with Gasteiger partial charge in [0.15, 0.2) is 0 Å². The third-order valence-corrected chi connectivity index (χ3v) is 11.0. The summed E-state index contributed by atoms with van der Waals surface area (Å²) < 4.78 is 0. The lowest BCUT2D eigenvalue weighted by molar-refractivity contribution is 1.40. The van der Waals surface area contributed by atoms with Crippen LogP contribution in [0, 0.1) is 125 Å². The number of benzene rings is 9. The van der Waals surface area contributed by atoms with Crippen molar-refractivity contribution in [2.75, 3.05) is 0 Å². The van der Waals surface area contributed by atoms with E-state index >= 15 is 0 Å². The summed E-state index contributed by atoms with van der Waals surface area (Å²) in [5.41, 5.74) is 23.9. The summed E-state index contributed by atoms with van der Waals surface area (Å²) in [6, 6.07) is 76.3. The smallest absolute Gasteiger partial charge is 0.0398 e. The van der Waals surface area contributed by atoms with Crippen LogP contribution in [0.2, 0.25) is 0 Å². The predicted molar refractivity (Wildman–Crippen MR) is 425 cm³/mol. The molecule has 0 spiro atoms. The van der Waals surface area contributed by atoms with Gasteiger partial charge in [0.1, 0.15) is 0 Å². The standard InChI is InChI=1S/9C8H10.9C2H6/c9*1-7-3-5-8(2)6-4-7;9*1-2/h9*3-6H,1-2H3;9*1-2H3. The van der Waals surface area contributed by atoms with Crippen LogP contribution < -0.4 is 0 Å². The van der Waals surface area contributed by atoms with Crippen LogP contribution in [0.1, 0.15) is 225 Å². The van der Waals surface area contributed by atoms with Gasteiger partial charge in [-0.1, -0.05) is 443 Å². The van der Waals surface area contributed by atoms with Gasteiger partial charge >= 0.3 is 0 Å². The van der Waals surface area contributed by atoms with Gasteiger partial charge < -0.3 is 0 Å². The van der Waals surface area contributed by atoms with Gasteiger partial charge in [0.05, 0.1) is 0 Å². The largest absolute Gasteiger partial charge is 0.0683 e. The molecule has 90 heavy (non-hydrogen) atoms. The molecule has 0 aromatic heterocycles. The van der Waals surface area contributed by atoms with Crippen molar-refractivity contribution in [2.45, 2.75) is 249 Å². The Hall–Kier alpha value is -7.02. The molecule has 0 unspecified atom stereocenters. The normalized spacial score (nSPS) is 8.00. The molecule has 0 bridgehead atoms. The Morgan fingerprint density at radius 3 is 0.122 bits per heavy atom. The SMILES string of the molecule is CC.CC.CC.CC.CC.CC.CC.CC.CC.Cc1ccc(C)cc1.Cc1ccc(C)cc1.Cc1ccc(C)cc1.Cc1ccc(C)cc1.Cc1ccc(C)cc1.Cc1ccc(C)cc1.Cc1ccc(C)cc1.Cc1ccc(C)cc1.Cc1ccc(C)cc1. The molecule has 0 aliphatic rings. The van der Waals surface area contributed by atoms with E-state index in [1.54, 1.807) is 0 Å². The van der Waals surface area contributed by atoms with Gasteiger partial charge in [-0.2, -0.15) is 0 Å². The predicted octanol–water partition coefficient (Wildman–Crippen LogP) is 30.0. The molecule has 0 nitrogen and oxygen atoms in total. The van der Waals surface area contributed by atoms with Crippen molar-refractivity contribution in [3.8, 4) is 0 Å². The first kappa shape index (κ1) is 102. The van der Waals surface area contributed by atoms with Gasteiger partial charge in [0.2, 0.25) is 0 Å². The van der Waals surface area contributed by atoms with Crippen LogP contribution in [-0.2, 0) is 0 Å². The molecule has 0 saturated carbocycles. The number of aryl methyl sites for hydroxylation is 18. The van der Waals surface area contributed by atoms with Crippen molar-refractivity contribution >= 4 is 0 Å². The quantitative estimate of drug-likeness (QED) is 0.142. The van der Waals surface area contributed by atoms with Gasteiger partial charge in [-0.25, -0.2) is 0 Å². The van der Waals surface area contributed by atoms with Gasteiger partial charge in [-0.15, -0.1) is 0 Å². The first-order valence-electron chi connectivity index (χ1n) is 34.4. The molecule has 0 fully saturated rings. The Bertz CT molecular complexity index is 1870. The fraction of sp³-hybridized carbons (Fsp3) is 0.400. The minimum absolute atomic E-state index is 1.33. The highest BCUT2D eigenvalue weighted by Gasteiger charge is 1.86. The maximum Gasteiger partial charge on any atom is -0.0398 e. The Morgan fingerprint density at radius 1 is 0.0778 bits per heavy atom. The van der Waals surface area contributed by atoms with Crippen molar-refractivity contribution in [1.82, 2.24) is 0 Å². The van der Waals surface area contributed by atoms with E-state index in [1.807, 2.05) is 125 Å². The molecule has 9 aromatic carbocycles. The highest BCUT2D eigenvalue weighted by molar-refractivity contribution is 5.25. The molecule has 0 atom stereocenters. The summed E-state index contributed by atoms with van der Waals surface area (Å²) in [4.78, 5) is 0. The second kappa shape index (κ2) is 78.1. The van der Waals surface area contributed by atoms with Crippen LogP contribution >= 0.6 is 0 Å². The Morgan fingerprint density at radius 2 is 0.100 bits per heavy atom. The molecule has 0 heterocycles. The molecule has 9 aromatic rings. The minimum Gasteiger partial charge on any atom is -0.0683 e. The number of rotatable bonds is 0. The fourth-order valence-electron chi connectivity index (χ4n) is 5.73. The molecule has 504 valence electrons. The van der Waals surface area contributed by atoms with Gasteiger partial charge in [-0.3, -0.25) is 0 Å². The van der Waals surface area contributed by atoms with Crippen LogP contribution in [0.5, 0.6) is 0 Å². The van der Waals surface area contributed by atoms with Crippen LogP contribution in [0.25, 0.3) is 0 Å². The molecule has 0 amide bonds. The zero-order valence-electron chi connectivity index (χ0n) is 65.8. The van der Waals surface area contributed by atoms with E-state index in [0.717, 1.165) is 0 Å². The summed E-state index contributed by atoms with van der Waals surface area (Å²) in [5.74, 6) is 0. The van der Waals surface area contributed by atoms with E-state index < -0.39 is 0 Å². The molecule has 0 aliphatic carbocycles. The van der Waals surface area contributed by atoms with Crippen LogP contribution in [0.4, 0.5) is 0 Å². The highest BCUT2D eigenvalue weighted by Crippen LogP contribution is 2.05. The molecule has 0 radical (unpaired) electrons. The fourth-order valence-corrected chi connectivity index (χ4v) is 5.73. The molecule has 9 rings (SSSR count). The maximum atomic E-state index is 2.12. The van der Waals surface area contributed by atoms with E-state index in [0.29, 0.717) is 0 Å². The molecule has 0 aliphatic heterocycles. The molecule has 0 saturated heterocycles. The Labute approximate surface area is 564 Å². The zero-order chi connectivity index (χ0) is 71.8. The lowest BCUT2D eigenvalue weighted by atomic mass is 10.2. The Kier molecular flexibility index (Phi) is 88.4. The first-order chi connectivity index (χ1) is 43.1. The van der Waals surface area contributed by atoms with Gasteiger partial charge in [0.25, 0.3) is 0 Å². The lowest BCUT2D eigenvalue weighted by Crippen LogP contribution is -1.70. The summed E-state index contributed by atoms with van der Waals surface area (Å²) in [7, 11) is 0. The van der Waals surface area contributed by atoms with Crippen molar-refractivity contribution < 1.29 is 0 Å². The van der Waals surface area contributed by atoms with Crippen molar-refractivity contribution in [3.63, 3.8) is 0 Å². The minimum atomic E-state index is 1.33. The monoisotopic (exact) mass is 1230 g/mol. The van der Waals surface area contributed by atoms with Gasteiger partial charge in [-0.05, 0) is 125 Å². The van der Waals surface area contributed by atoms with Crippen molar-refractivity contribution in [1.29, 1.82) is 0 Å². The van der Waals surface area contributed by atoms with Crippen LogP contribution in [0.15, 0.2) is 218 Å². The molecular formula is C90H144. The molecule has 0 N–H and O–H groups in total. The van der Waals surface area contributed by atoms with Crippen molar-refractivity contribution in [2.24, 2.45) is 0 Å². The van der Waals surface area contributed by atoms with E-state index in [9.17, 15) is 0 Å². The first-order valence-corrected chi connectivity index (χ1v) is 34.4. The summed E-state index contributed by atoms with van der Waals surface area (Å²) in [6.07, 6.45) is 0. The average molecular weight is 1230 g/mol. The average Bonchev–Trinajstić information content (AvgIpc) is 3.64. The van der Waals surface area contributed by atoms with E-state index in [-0.39, 0.29) is 0 Å². The van der Waals surface area contributed by atoms with E-state index in [4.69, 9.17) is 0 Å². The van der Waals surface area contributed by atoms with Crippen LogP contribution in [0.3, 0.4) is 0 Å². The second-order valence-electron chi connectivity index (χ2n) is 19.4. The van der Waals surface area contributed by atoms with Gasteiger partial charge in [0, 0.05) is 0 Å². The summed E-state index contributed by atoms with van der Waals surface area (Å²) >= 11 is 0. The molecule has 0 heteroatoms. The summed E-state index contributed by atoms with van der Waals surface area (Å²) in [5, 5.41) is 0. The third kappa shape index (κ3) is 75.2. The number of hydrogen-bond donors (Lipinski definition) is 0. The second-order valence-corrected chi connectivity index (χ2v) is 19.4. The zero-order valence-corrected chi connectivity index (χ0v) is 65.8. The third-order valence-electron chi connectivity index (χ3n) is 11.0. The van der Waals surface area contributed by atoms with E-state index in [2.05, 4.69) is 343 Å². The van der Waals surface area contributed by atoms with Crippen molar-refractivity contribution in [3.05, 3.63) is 319 Å². The maximum absolute atomic E-state index is 2.12. The molecular weight excluding hydrogens is 1080 g/mol.